The predicted octanol–water partition coefficient (Wildman–Crippen LogP) is 0.541. The van der Waals surface area contributed by atoms with E-state index in [1.807, 2.05) is 0 Å². The van der Waals surface area contributed by atoms with Crippen LogP contribution in [0.3, 0.4) is 0 Å². The van der Waals surface area contributed by atoms with E-state index in [9.17, 15) is 4.79 Å². The third-order valence-corrected chi connectivity index (χ3v) is 4.23. The molecule has 1 fully saturated rings. The van der Waals surface area contributed by atoms with Crippen molar-refractivity contribution in [1.82, 2.24) is 9.80 Å². The summed E-state index contributed by atoms with van der Waals surface area (Å²) in [4.78, 5) is 16.3. The molecule has 0 heterocycles. The third kappa shape index (κ3) is 4.44. The molecule has 1 aliphatic rings. The lowest BCUT2D eigenvalue weighted by molar-refractivity contribution is -0.148. The van der Waals surface area contributed by atoms with E-state index >= 15 is 0 Å². The molecule has 1 aliphatic carbocycles. The van der Waals surface area contributed by atoms with Crippen LogP contribution in [0, 0.1) is 5.92 Å². The molecule has 0 aromatic carbocycles. The van der Waals surface area contributed by atoms with Gasteiger partial charge >= 0.3 is 5.97 Å². The summed E-state index contributed by atoms with van der Waals surface area (Å²) in [5.74, 6) is 0.00713. The lowest BCUT2D eigenvalue weighted by Crippen LogP contribution is -2.52. The van der Waals surface area contributed by atoms with Crippen molar-refractivity contribution in [2.24, 2.45) is 11.7 Å². The number of rotatable bonds is 7. The molecule has 0 radical (unpaired) electrons. The normalized spacial score (nSPS) is 27.2. The van der Waals surface area contributed by atoms with Crippen LogP contribution in [-0.4, -0.2) is 69.2 Å². The SMILES string of the molecule is COC(=O)C1(N)CCCC1CCN(C)CCN(C)C. The van der Waals surface area contributed by atoms with Crippen molar-refractivity contribution in [2.45, 2.75) is 31.2 Å². The maximum absolute atomic E-state index is 11.8. The summed E-state index contributed by atoms with van der Waals surface area (Å²) in [7, 11) is 7.70. The second-order valence-electron chi connectivity index (χ2n) is 6.02. The van der Waals surface area contributed by atoms with Crippen LogP contribution in [0.25, 0.3) is 0 Å². The Kier molecular flexibility index (Phi) is 6.23. The molecular weight excluding hydrogens is 242 g/mol. The number of nitrogens with zero attached hydrogens (tertiary/aromatic N) is 2. The van der Waals surface area contributed by atoms with E-state index in [4.69, 9.17) is 10.5 Å². The fourth-order valence-corrected chi connectivity index (χ4v) is 2.82. The van der Waals surface area contributed by atoms with Crippen molar-refractivity contribution in [3.63, 3.8) is 0 Å². The van der Waals surface area contributed by atoms with E-state index < -0.39 is 5.54 Å². The Morgan fingerprint density at radius 1 is 1.32 bits per heavy atom. The standard InChI is InChI=1S/C14H29N3O2/c1-16(2)10-11-17(3)9-7-12-6-5-8-14(12,15)13(18)19-4/h12H,5-11,15H2,1-4H3. The molecule has 19 heavy (non-hydrogen) atoms. The molecule has 5 nitrogen and oxygen atoms in total. The zero-order valence-electron chi connectivity index (χ0n) is 12.8. The average Bonchev–Trinajstić information content (AvgIpc) is 2.75. The number of hydrogen-bond donors (Lipinski definition) is 1. The maximum atomic E-state index is 11.8. The zero-order valence-corrected chi connectivity index (χ0v) is 12.8. The predicted molar refractivity (Wildman–Crippen MR) is 76.9 cm³/mol. The molecule has 0 bridgehead atoms. The highest BCUT2D eigenvalue weighted by Crippen LogP contribution is 2.36. The summed E-state index contributed by atoms with van der Waals surface area (Å²) < 4.78 is 4.87. The van der Waals surface area contributed by atoms with Crippen LogP contribution < -0.4 is 5.73 Å². The molecule has 0 aromatic heterocycles. The van der Waals surface area contributed by atoms with Gasteiger partial charge in [-0.05, 0) is 52.9 Å². The Morgan fingerprint density at radius 2 is 2.00 bits per heavy atom. The molecule has 1 rings (SSSR count). The second-order valence-corrected chi connectivity index (χ2v) is 6.02. The van der Waals surface area contributed by atoms with E-state index in [2.05, 4.69) is 30.9 Å². The summed E-state index contributed by atoms with van der Waals surface area (Å²) in [5, 5.41) is 0. The molecular formula is C14H29N3O2. The Hall–Kier alpha value is -0.650. The van der Waals surface area contributed by atoms with E-state index in [1.54, 1.807) is 0 Å². The van der Waals surface area contributed by atoms with Gasteiger partial charge in [0.2, 0.25) is 0 Å². The van der Waals surface area contributed by atoms with Gasteiger partial charge in [0.05, 0.1) is 7.11 Å². The number of carbonyl (C=O) groups is 1. The van der Waals surface area contributed by atoms with Gasteiger partial charge in [-0.3, -0.25) is 4.79 Å². The smallest absolute Gasteiger partial charge is 0.326 e. The first-order valence-electron chi connectivity index (χ1n) is 7.10. The van der Waals surface area contributed by atoms with Gasteiger partial charge in [0.15, 0.2) is 0 Å². The minimum atomic E-state index is -0.753. The fraction of sp³-hybridized carbons (Fsp3) is 0.929. The van der Waals surface area contributed by atoms with Gasteiger partial charge < -0.3 is 20.3 Å². The quantitative estimate of drug-likeness (QED) is 0.685. The number of esters is 1. The summed E-state index contributed by atoms with van der Waals surface area (Å²) in [6, 6.07) is 0. The third-order valence-electron chi connectivity index (χ3n) is 4.23. The molecule has 0 aliphatic heterocycles. The molecule has 2 unspecified atom stereocenters. The number of likely N-dealkylation sites (N-methyl/N-ethyl adjacent to an activating group) is 2. The van der Waals surface area contributed by atoms with Crippen LogP contribution in [0.5, 0.6) is 0 Å². The van der Waals surface area contributed by atoms with Crippen molar-refractivity contribution in [2.75, 3.05) is 47.9 Å². The summed E-state index contributed by atoms with van der Waals surface area (Å²) in [5.41, 5.74) is 5.51. The highest BCUT2D eigenvalue weighted by molar-refractivity contribution is 5.81. The molecule has 0 aromatic rings. The molecule has 0 amide bonds. The maximum Gasteiger partial charge on any atom is 0.326 e. The number of carbonyl (C=O) groups excluding carboxylic acids is 1. The van der Waals surface area contributed by atoms with Crippen LogP contribution in [0.4, 0.5) is 0 Å². The minimum Gasteiger partial charge on any atom is -0.468 e. The number of methoxy groups -OCH3 is 1. The largest absolute Gasteiger partial charge is 0.468 e. The number of ether oxygens (including phenoxy) is 1. The molecule has 0 saturated heterocycles. The van der Waals surface area contributed by atoms with Crippen molar-refractivity contribution >= 4 is 5.97 Å². The van der Waals surface area contributed by atoms with Gasteiger partial charge in [-0.15, -0.1) is 0 Å². The van der Waals surface area contributed by atoms with Crippen LogP contribution >= 0.6 is 0 Å². The summed E-state index contributed by atoms with van der Waals surface area (Å²) in [6.07, 6.45) is 3.78. The zero-order chi connectivity index (χ0) is 14.5. The van der Waals surface area contributed by atoms with Gasteiger partial charge in [-0.2, -0.15) is 0 Å². The van der Waals surface area contributed by atoms with Gasteiger partial charge in [-0.25, -0.2) is 0 Å². The van der Waals surface area contributed by atoms with Crippen molar-refractivity contribution in [3.8, 4) is 0 Å². The van der Waals surface area contributed by atoms with Crippen LogP contribution in [-0.2, 0) is 9.53 Å². The molecule has 2 atom stereocenters. The molecule has 5 heteroatoms. The monoisotopic (exact) mass is 271 g/mol. The van der Waals surface area contributed by atoms with Crippen molar-refractivity contribution < 1.29 is 9.53 Å². The highest BCUT2D eigenvalue weighted by Gasteiger charge is 2.46. The minimum absolute atomic E-state index is 0.244. The van der Waals surface area contributed by atoms with Crippen LogP contribution in [0.15, 0.2) is 0 Å². The van der Waals surface area contributed by atoms with E-state index in [0.29, 0.717) is 0 Å². The van der Waals surface area contributed by atoms with Gasteiger partial charge in [0.25, 0.3) is 0 Å². The Balaban J connectivity index is 2.41. The van der Waals surface area contributed by atoms with Gasteiger partial charge in [0, 0.05) is 13.1 Å². The molecule has 112 valence electrons. The molecule has 1 saturated carbocycles. The van der Waals surface area contributed by atoms with Crippen molar-refractivity contribution in [3.05, 3.63) is 0 Å². The van der Waals surface area contributed by atoms with E-state index in [-0.39, 0.29) is 11.9 Å². The number of nitrogens with two attached hydrogens (primary N) is 1. The molecule has 2 N–H and O–H groups in total. The number of hydrogen-bond acceptors (Lipinski definition) is 5. The first-order chi connectivity index (χ1) is 8.90. The Labute approximate surface area is 117 Å². The fourth-order valence-electron chi connectivity index (χ4n) is 2.82. The highest BCUT2D eigenvalue weighted by atomic mass is 16.5. The van der Waals surface area contributed by atoms with Crippen LogP contribution in [0.2, 0.25) is 0 Å². The van der Waals surface area contributed by atoms with Crippen LogP contribution in [0.1, 0.15) is 25.7 Å². The first-order valence-corrected chi connectivity index (χ1v) is 7.10. The lowest BCUT2D eigenvalue weighted by atomic mass is 9.85. The topological polar surface area (TPSA) is 58.8 Å². The average molecular weight is 271 g/mol. The molecule has 0 spiro atoms. The Bertz CT molecular complexity index is 296. The summed E-state index contributed by atoms with van der Waals surface area (Å²) >= 11 is 0. The van der Waals surface area contributed by atoms with E-state index in [0.717, 1.165) is 45.3 Å². The summed E-state index contributed by atoms with van der Waals surface area (Å²) in [6.45, 7) is 3.07. The first kappa shape index (κ1) is 16.4. The van der Waals surface area contributed by atoms with Gasteiger partial charge in [0.1, 0.15) is 5.54 Å². The van der Waals surface area contributed by atoms with Crippen molar-refractivity contribution in [1.29, 1.82) is 0 Å². The van der Waals surface area contributed by atoms with E-state index in [1.165, 1.54) is 7.11 Å². The Morgan fingerprint density at radius 3 is 2.58 bits per heavy atom. The second kappa shape index (κ2) is 7.22. The van der Waals surface area contributed by atoms with Gasteiger partial charge in [-0.1, -0.05) is 6.42 Å². The lowest BCUT2D eigenvalue weighted by Gasteiger charge is -2.30.